The number of carbonyl (C=O) groups is 1. The molecule has 1 unspecified atom stereocenters. The van der Waals surface area contributed by atoms with Gasteiger partial charge in [-0.1, -0.05) is 47.6 Å². The largest absolute Gasteiger partial charge is 0.454 e. The first-order chi connectivity index (χ1) is 13.8. The van der Waals surface area contributed by atoms with Crippen LogP contribution in [0.3, 0.4) is 0 Å². The van der Waals surface area contributed by atoms with Crippen molar-refractivity contribution in [2.45, 2.75) is 30.4 Å². The monoisotopic (exact) mass is 395 g/mol. The minimum absolute atomic E-state index is 0.0450. The van der Waals surface area contributed by atoms with Crippen molar-refractivity contribution in [3.63, 3.8) is 0 Å². The van der Waals surface area contributed by atoms with E-state index in [4.69, 9.17) is 14.0 Å². The Morgan fingerprint density at radius 2 is 1.96 bits per heavy atom. The predicted molar refractivity (Wildman–Crippen MR) is 107 cm³/mol. The molecule has 1 saturated heterocycles. The average molecular weight is 395 g/mol. The number of aromatic nitrogens is 1. The van der Waals surface area contributed by atoms with E-state index in [1.54, 1.807) is 23.9 Å². The number of rotatable bonds is 7. The lowest BCUT2D eigenvalue weighted by Gasteiger charge is -2.11. The second-order valence-electron chi connectivity index (χ2n) is 6.56. The number of nitrogens with zero attached hydrogens (tertiary/aromatic N) is 1. The summed E-state index contributed by atoms with van der Waals surface area (Å²) in [5.74, 6) is 0.983. The maximum absolute atomic E-state index is 12.6. The van der Waals surface area contributed by atoms with E-state index < -0.39 is 0 Å². The molecule has 144 valence electrons. The van der Waals surface area contributed by atoms with Gasteiger partial charge in [-0.2, -0.15) is 0 Å². The Kier molecular flexibility index (Phi) is 6.09. The Balaban J connectivity index is 1.37. The molecule has 5 nitrogen and oxygen atoms in total. The molecule has 0 N–H and O–H groups in total. The van der Waals surface area contributed by atoms with Gasteiger partial charge < -0.3 is 14.0 Å². The Morgan fingerprint density at radius 3 is 2.79 bits per heavy atom. The number of hydrogen-bond donors (Lipinski definition) is 0. The molecule has 2 aromatic carbocycles. The lowest BCUT2D eigenvalue weighted by molar-refractivity contribution is 0.0433. The van der Waals surface area contributed by atoms with Crippen molar-refractivity contribution >= 4 is 17.7 Å². The maximum atomic E-state index is 12.6. The van der Waals surface area contributed by atoms with Crippen LogP contribution in [-0.4, -0.2) is 29.6 Å². The lowest BCUT2D eigenvalue weighted by Crippen LogP contribution is -2.10. The van der Waals surface area contributed by atoms with Gasteiger partial charge in [-0.3, -0.25) is 0 Å². The zero-order valence-corrected chi connectivity index (χ0v) is 16.2. The van der Waals surface area contributed by atoms with E-state index in [-0.39, 0.29) is 18.7 Å². The normalized spacial score (nSPS) is 16.2. The number of carbonyl (C=O) groups excluding carboxylic acids is 1. The van der Waals surface area contributed by atoms with Crippen LogP contribution in [0.5, 0.6) is 0 Å². The highest BCUT2D eigenvalue weighted by Gasteiger charge is 2.19. The van der Waals surface area contributed by atoms with Crippen molar-refractivity contribution in [1.29, 1.82) is 0 Å². The minimum Gasteiger partial charge on any atom is -0.454 e. The zero-order chi connectivity index (χ0) is 19.2. The van der Waals surface area contributed by atoms with Gasteiger partial charge >= 0.3 is 5.97 Å². The molecule has 0 bridgehead atoms. The summed E-state index contributed by atoms with van der Waals surface area (Å²) in [6.07, 6.45) is 2.45. The Hall–Kier alpha value is -2.57. The Bertz CT molecular complexity index is 919. The number of esters is 1. The Labute approximate surface area is 168 Å². The zero-order valence-electron chi connectivity index (χ0n) is 15.4. The third kappa shape index (κ3) is 4.64. The summed E-state index contributed by atoms with van der Waals surface area (Å²) in [4.78, 5) is 13.5. The van der Waals surface area contributed by atoms with Crippen LogP contribution >= 0.6 is 11.8 Å². The topological polar surface area (TPSA) is 61.6 Å². The summed E-state index contributed by atoms with van der Waals surface area (Å²) in [5.41, 5.74) is 2.24. The van der Waals surface area contributed by atoms with Crippen LogP contribution in [0.25, 0.3) is 11.3 Å². The fourth-order valence-corrected chi connectivity index (χ4v) is 4.17. The molecular formula is C22H21NO4S. The van der Waals surface area contributed by atoms with Crippen molar-refractivity contribution in [3.05, 3.63) is 72.0 Å². The van der Waals surface area contributed by atoms with E-state index >= 15 is 0 Å². The van der Waals surface area contributed by atoms with E-state index in [2.05, 4.69) is 5.16 Å². The van der Waals surface area contributed by atoms with Gasteiger partial charge in [0.1, 0.15) is 5.69 Å². The molecule has 0 amide bonds. The van der Waals surface area contributed by atoms with Crippen molar-refractivity contribution in [3.8, 4) is 11.3 Å². The molecule has 1 aliphatic heterocycles. The van der Waals surface area contributed by atoms with Gasteiger partial charge in [0.25, 0.3) is 0 Å². The first kappa shape index (κ1) is 18.8. The summed E-state index contributed by atoms with van der Waals surface area (Å²) in [5, 5.41) is 4.04. The smallest absolute Gasteiger partial charge is 0.339 e. The SMILES string of the molecule is O=C(OCc1cc(-c2ccccc2)no1)c1ccccc1SCC1CCCO1. The molecule has 0 aliphatic carbocycles. The number of thioether (sulfide) groups is 1. The van der Waals surface area contributed by atoms with Crippen LogP contribution in [0.4, 0.5) is 0 Å². The lowest BCUT2D eigenvalue weighted by atomic mass is 10.1. The van der Waals surface area contributed by atoms with Crippen molar-refractivity contribution < 1.29 is 18.8 Å². The van der Waals surface area contributed by atoms with Crippen LogP contribution < -0.4 is 0 Å². The first-order valence-electron chi connectivity index (χ1n) is 9.31. The van der Waals surface area contributed by atoms with Gasteiger partial charge in [-0.15, -0.1) is 11.8 Å². The Morgan fingerprint density at radius 1 is 1.14 bits per heavy atom. The second kappa shape index (κ2) is 9.08. The molecule has 1 aromatic heterocycles. The molecular weight excluding hydrogens is 374 g/mol. The van der Waals surface area contributed by atoms with Gasteiger partial charge in [-0.05, 0) is 25.0 Å². The average Bonchev–Trinajstić information content (AvgIpc) is 3.43. The standard InChI is InChI=1S/C22H21NO4S/c24-22(19-10-4-5-11-21(19)28-15-17-9-6-12-25-17)26-14-18-13-20(23-27-18)16-7-2-1-3-8-16/h1-5,7-8,10-11,13,17H,6,9,12,14-15H2. The molecule has 1 aliphatic rings. The number of benzene rings is 2. The van der Waals surface area contributed by atoms with Crippen molar-refractivity contribution in [1.82, 2.24) is 5.16 Å². The highest BCUT2D eigenvalue weighted by Crippen LogP contribution is 2.27. The minimum atomic E-state index is -0.367. The fourth-order valence-electron chi connectivity index (χ4n) is 3.06. The summed E-state index contributed by atoms with van der Waals surface area (Å²) in [6, 6.07) is 19.0. The predicted octanol–water partition coefficient (Wildman–Crippen LogP) is 4.97. The molecule has 1 fully saturated rings. The molecule has 2 heterocycles. The molecule has 28 heavy (non-hydrogen) atoms. The molecule has 1 atom stereocenters. The van der Waals surface area contributed by atoms with E-state index in [1.807, 2.05) is 48.5 Å². The van der Waals surface area contributed by atoms with Gasteiger partial charge in [0, 0.05) is 28.9 Å². The van der Waals surface area contributed by atoms with Crippen LogP contribution in [0, 0.1) is 0 Å². The maximum Gasteiger partial charge on any atom is 0.339 e. The van der Waals surface area contributed by atoms with Crippen molar-refractivity contribution in [2.24, 2.45) is 0 Å². The summed E-state index contributed by atoms with van der Waals surface area (Å²) in [6.45, 7) is 0.875. The van der Waals surface area contributed by atoms with Crippen LogP contribution in [0.1, 0.15) is 29.0 Å². The van der Waals surface area contributed by atoms with E-state index in [0.717, 1.165) is 41.4 Å². The molecule has 4 rings (SSSR count). The quantitative estimate of drug-likeness (QED) is 0.416. The van der Waals surface area contributed by atoms with Crippen molar-refractivity contribution in [2.75, 3.05) is 12.4 Å². The highest BCUT2D eigenvalue weighted by atomic mass is 32.2. The first-order valence-corrected chi connectivity index (χ1v) is 10.3. The van der Waals surface area contributed by atoms with Gasteiger partial charge in [0.05, 0.1) is 11.7 Å². The van der Waals surface area contributed by atoms with E-state index in [9.17, 15) is 4.79 Å². The van der Waals surface area contributed by atoms with Crippen LogP contribution in [0.2, 0.25) is 0 Å². The molecule has 0 spiro atoms. The van der Waals surface area contributed by atoms with E-state index in [1.165, 1.54) is 0 Å². The third-order valence-electron chi connectivity index (χ3n) is 4.53. The van der Waals surface area contributed by atoms with Gasteiger partial charge in [0.2, 0.25) is 0 Å². The van der Waals surface area contributed by atoms with Gasteiger partial charge in [0.15, 0.2) is 12.4 Å². The molecule has 6 heteroatoms. The molecule has 3 aromatic rings. The fraction of sp³-hybridized carbons (Fsp3) is 0.273. The second-order valence-corrected chi connectivity index (χ2v) is 7.62. The summed E-state index contributed by atoms with van der Waals surface area (Å²) >= 11 is 1.63. The van der Waals surface area contributed by atoms with E-state index in [0.29, 0.717) is 11.3 Å². The number of hydrogen-bond acceptors (Lipinski definition) is 6. The van der Waals surface area contributed by atoms with Gasteiger partial charge in [-0.25, -0.2) is 4.79 Å². The van der Waals surface area contributed by atoms with Crippen LogP contribution in [0.15, 0.2) is 70.1 Å². The third-order valence-corrected chi connectivity index (χ3v) is 5.74. The van der Waals surface area contributed by atoms with Crippen LogP contribution in [-0.2, 0) is 16.1 Å². The molecule has 0 saturated carbocycles. The summed E-state index contributed by atoms with van der Waals surface area (Å²) < 4.78 is 16.4. The summed E-state index contributed by atoms with van der Waals surface area (Å²) in [7, 11) is 0. The number of ether oxygens (including phenoxy) is 2. The molecule has 0 radical (unpaired) electrons. The highest BCUT2D eigenvalue weighted by molar-refractivity contribution is 7.99.